The Hall–Kier alpha value is -1.13. The first kappa shape index (κ1) is 8.87. The smallest absolute Gasteiger partial charge is 0.215 e. The van der Waals surface area contributed by atoms with Crippen molar-refractivity contribution in [3.8, 4) is 0 Å². The van der Waals surface area contributed by atoms with E-state index in [-0.39, 0.29) is 6.42 Å². The summed E-state index contributed by atoms with van der Waals surface area (Å²) in [5.41, 5.74) is 0.379. The van der Waals surface area contributed by atoms with Gasteiger partial charge in [0.25, 0.3) is 0 Å². The van der Waals surface area contributed by atoms with Gasteiger partial charge in [0.1, 0.15) is 0 Å². The van der Waals surface area contributed by atoms with Gasteiger partial charge in [-0.1, -0.05) is 5.16 Å². The van der Waals surface area contributed by atoms with Gasteiger partial charge in [0, 0.05) is 11.8 Å². The third-order valence-corrected chi connectivity index (χ3v) is 1.12. The Labute approximate surface area is 58.5 Å². The summed E-state index contributed by atoms with van der Waals surface area (Å²) in [6, 6.07) is -0.670. The molecule has 0 aromatic heterocycles. The van der Waals surface area contributed by atoms with Crippen LogP contribution in [0.15, 0.2) is 5.16 Å². The molecular weight excluding hydrogens is 136 g/mol. The zero-order valence-corrected chi connectivity index (χ0v) is 5.94. The van der Waals surface area contributed by atoms with E-state index >= 15 is 0 Å². The highest BCUT2D eigenvalue weighted by molar-refractivity contribution is 5.81. The molecule has 1 N–H and O–H groups in total. The minimum absolute atomic E-state index is 0.198. The molecule has 0 aromatic carbocycles. The van der Waals surface area contributed by atoms with E-state index in [0.717, 1.165) is 0 Å². The van der Waals surface area contributed by atoms with Crippen molar-refractivity contribution in [3.05, 3.63) is 10.1 Å². The molecule has 0 aliphatic rings. The van der Waals surface area contributed by atoms with Crippen LogP contribution in [-0.2, 0) is 0 Å². The van der Waals surface area contributed by atoms with Gasteiger partial charge in [0.2, 0.25) is 6.04 Å². The van der Waals surface area contributed by atoms with Crippen molar-refractivity contribution in [3.63, 3.8) is 0 Å². The van der Waals surface area contributed by atoms with Gasteiger partial charge in [-0.3, -0.25) is 10.1 Å². The Balaban J connectivity index is 3.80. The molecule has 1 atom stereocenters. The average Bonchev–Trinajstić information content (AvgIpc) is 1.87. The molecule has 0 bridgehead atoms. The molecule has 0 amide bonds. The lowest BCUT2D eigenvalue weighted by molar-refractivity contribution is -0.516. The Morgan fingerprint density at radius 3 is 2.70 bits per heavy atom. The number of hydrogen-bond acceptors (Lipinski definition) is 4. The zero-order chi connectivity index (χ0) is 8.15. The summed E-state index contributed by atoms with van der Waals surface area (Å²) < 4.78 is 0. The fourth-order valence-electron chi connectivity index (χ4n) is 0.543. The van der Waals surface area contributed by atoms with Gasteiger partial charge < -0.3 is 5.21 Å². The van der Waals surface area contributed by atoms with E-state index in [1.165, 1.54) is 6.92 Å². The summed E-state index contributed by atoms with van der Waals surface area (Å²) in [5.74, 6) is 0. The molecule has 0 heterocycles. The molecule has 5 nitrogen and oxygen atoms in total. The first-order valence-corrected chi connectivity index (χ1v) is 2.89. The zero-order valence-electron chi connectivity index (χ0n) is 5.94. The van der Waals surface area contributed by atoms with Gasteiger partial charge in [-0.05, 0) is 6.92 Å². The maximum Gasteiger partial charge on any atom is 0.215 e. The predicted octanol–water partition coefficient (Wildman–Crippen LogP) is 0.892. The lowest BCUT2D eigenvalue weighted by atomic mass is 10.2. The van der Waals surface area contributed by atoms with Gasteiger partial charge in [-0.15, -0.1) is 0 Å². The molecule has 0 radical (unpaired) electrons. The van der Waals surface area contributed by atoms with E-state index < -0.39 is 11.0 Å². The molecule has 58 valence electrons. The Morgan fingerprint density at radius 2 is 2.40 bits per heavy atom. The van der Waals surface area contributed by atoms with Crippen LogP contribution in [0.2, 0.25) is 0 Å². The highest BCUT2D eigenvalue weighted by atomic mass is 16.6. The molecule has 0 fully saturated rings. The van der Waals surface area contributed by atoms with E-state index in [0.29, 0.717) is 5.71 Å². The summed E-state index contributed by atoms with van der Waals surface area (Å²) in [4.78, 5) is 9.61. The summed E-state index contributed by atoms with van der Waals surface area (Å²) >= 11 is 0. The molecular formula is C5H10N2O3. The second kappa shape index (κ2) is 3.81. The number of hydrogen-bond donors (Lipinski definition) is 1. The van der Waals surface area contributed by atoms with Gasteiger partial charge in [0.05, 0.1) is 12.1 Å². The van der Waals surface area contributed by atoms with Crippen molar-refractivity contribution in [1.82, 2.24) is 0 Å². The van der Waals surface area contributed by atoms with Gasteiger partial charge in [-0.25, -0.2) is 0 Å². The monoisotopic (exact) mass is 146 g/mol. The van der Waals surface area contributed by atoms with Crippen LogP contribution < -0.4 is 0 Å². The molecule has 0 aromatic rings. The summed E-state index contributed by atoms with van der Waals surface area (Å²) in [6.07, 6.45) is 0.198. The van der Waals surface area contributed by atoms with Gasteiger partial charge in [-0.2, -0.15) is 0 Å². The normalized spacial score (nSPS) is 14.8. The summed E-state index contributed by atoms with van der Waals surface area (Å²) in [5, 5.41) is 21.0. The lowest BCUT2D eigenvalue weighted by Gasteiger charge is -1.99. The molecule has 0 saturated carbocycles. The van der Waals surface area contributed by atoms with Crippen LogP contribution in [0.25, 0.3) is 0 Å². The van der Waals surface area contributed by atoms with Gasteiger partial charge in [0.15, 0.2) is 0 Å². The van der Waals surface area contributed by atoms with Crippen molar-refractivity contribution in [1.29, 1.82) is 0 Å². The minimum atomic E-state index is -0.670. The number of nitro groups is 1. The minimum Gasteiger partial charge on any atom is -0.411 e. The van der Waals surface area contributed by atoms with Crippen molar-refractivity contribution in [2.24, 2.45) is 5.16 Å². The fourth-order valence-corrected chi connectivity index (χ4v) is 0.543. The maximum absolute atomic E-state index is 10.0. The van der Waals surface area contributed by atoms with Crippen molar-refractivity contribution in [2.75, 3.05) is 0 Å². The van der Waals surface area contributed by atoms with Crippen LogP contribution in [0.4, 0.5) is 0 Å². The quantitative estimate of drug-likeness (QED) is 0.278. The molecule has 10 heavy (non-hydrogen) atoms. The Bertz CT molecular complexity index is 155. The second-order valence-corrected chi connectivity index (χ2v) is 2.17. The van der Waals surface area contributed by atoms with E-state index in [1.807, 2.05) is 0 Å². The first-order chi connectivity index (χ1) is 4.57. The Morgan fingerprint density at radius 1 is 1.90 bits per heavy atom. The first-order valence-electron chi connectivity index (χ1n) is 2.89. The molecule has 0 aliphatic carbocycles. The standard InChI is InChI=1S/C5H10N2O3/c1-4(6-8)3-5(2)7(9)10/h5,8H,3H2,1-2H3/b6-4+. The highest BCUT2D eigenvalue weighted by Gasteiger charge is 2.13. The van der Waals surface area contributed by atoms with Crippen LogP contribution in [0.1, 0.15) is 20.3 Å². The fraction of sp³-hybridized carbons (Fsp3) is 0.800. The topological polar surface area (TPSA) is 75.7 Å². The van der Waals surface area contributed by atoms with E-state index in [4.69, 9.17) is 5.21 Å². The largest absolute Gasteiger partial charge is 0.411 e. The molecule has 0 saturated heterocycles. The van der Waals surface area contributed by atoms with Crippen LogP contribution in [0.3, 0.4) is 0 Å². The van der Waals surface area contributed by atoms with Crippen molar-refractivity contribution in [2.45, 2.75) is 26.3 Å². The average molecular weight is 146 g/mol. The van der Waals surface area contributed by atoms with Crippen LogP contribution in [0.5, 0.6) is 0 Å². The van der Waals surface area contributed by atoms with Crippen LogP contribution in [-0.4, -0.2) is 21.9 Å². The lowest BCUT2D eigenvalue weighted by Crippen LogP contribution is -2.17. The van der Waals surface area contributed by atoms with Crippen LogP contribution >= 0.6 is 0 Å². The molecule has 0 rings (SSSR count). The maximum atomic E-state index is 10.0. The van der Waals surface area contributed by atoms with E-state index in [9.17, 15) is 10.1 Å². The molecule has 0 spiro atoms. The van der Waals surface area contributed by atoms with Crippen LogP contribution in [0, 0.1) is 10.1 Å². The summed E-state index contributed by atoms with van der Waals surface area (Å²) in [6.45, 7) is 3.01. The van der Waals surface area contributed by atoms with Crippen molar-refractivity contribution >= 4 is 5.71 Å². The third-order valence-electron chi connectivity index (χ3n) is 1.12. The molecule has 0 aliphatic heterocycles. The third kappa shape index (κ3) is 3.01. The summed E-state index contributed by atoms with van der Waals surface area (Å²) in [7, 11) is 0. The SMILES string of the molecule is C/C(CC(C)[N+](=O)[O-])=N\O. The Kier molecular flexibility index (Phi) is 3.38. The van der Waals surface area contributed by atoms with E-state index in [1.54, 1.807) is 6.92 Å². The highest BCUT2D eigenvalue weighted by Crippen LogP contribution is 1.96. The number of rotatable bonds is 3. The van der Waals surface area contributed by atoms with E-state index in [2.05, 4.69) is 5.16 Å². The number of oxime groups is 1. The second-order valence-electron chi connectivity index (χ2n) is 2.17. The van der Waals surface area contributed by atoms with Gasteiger partial charge >= 0.3 is 0 Å². The molecule has 1 unspecified atom stereocenters. The van der Waals surface area contributed by atoms with Crippen molar-refractivity contribution < 1.29 is 10.1 Å². The number of nitrogens with zero attached hydrogens (tertiary/aromatic N) is 2. The molecule has 5 heteroatoms. The predicted molar refractivity (Wildman–Crippen MR) is 36.0 cm³/mol.